The lowest BCUT2D eigenvalue weighted by molar-refractivity contribution is 0.773. The number of allylic oxidation sites excluding steroid dienone is 5. The fraction of sp³-hybridized carbons (Fsp3) is 0.316. The van der Waals surface area contributed by atoms with Gasteiger partial charge in [-0.3, -0.25) is 0 Å². The van der Waals surface area contributed by atoms with E-state index in [1.54, 1.807) is 6.08 Å². The Labute approximate surface area is 127 Å². The van der Waals surface area contributed by atoms with Gasteiger partial charge in [0, 0.05) is 13.5 Å². The molecule has 0 saturated carbocycles. The zero-order chi connectivity index (χ0) is 15.4. The number of hydrogen-bond acceptors (Lipinski definition) is 1. The predicted molar refractivity (Wildman–Crippen MR) is 92.4 cm³/mol. The Morgan fingerprint density at radius 3 is 2.76 bits per heavy atom. The molecule has 0 bridgehead atoms. The zero-order valence-corrected chi connectivity index (χ0v) is 13.5. The molecule has 1 aromatic heterocycles. The molecule has 2 aromatic rings. The maximum atomic E-state index is 4.80. The zero-order valence-electron chi connectivity index (χ0n) is 13.5. The second-order valence-electron chi connectivity index (χ2n) is 5.34. The van der Waals surface area contributed by atoms with E-state index < -0.39 is 0 Å². The highest BCUT2D eigenvalue weighted by Gasteiger charge is 2.11. The van der Waals surface area contributed by atoms with Crippen LogP contribution in [0.2, 0.25) is 0 Å². The minimum Gasteiger partial charge on any atom is -0.331 e. The molecule has 0 aliphatic rings. The number of hydrogen-bond donors (Lipinski definition) is 0. The quantitative estimate of drug-likeness (QED) is 0.706. The summed E-state index contributed by atoms with van der Waals surface area (Å²) in [6.45, 7) is 10.1. The van der Waals surface area contributed by atoms with Crippen LogP contribution in [0.4, 0.5) is 0 Å². The standard InChI is InChI=1S/C19H24N2/c1-6-9-11-15(8-3)16-12-14(4)19-17(13-16)21(5)18(20-19)10-7-2/h6,8-9,11-13H,1,7,10H2,2-5H3/b11-9-,15-8+. The summed E-state index contributed by atoms with van der Waals surface area (Å²) in [5.74, 6) is 1.16. The minimum absolute atomic E-state index is 1.02. The number of fused-ring (bicyclic) bond motifs is 1. The Bertz CT molecular complexity index is 715. The van der Waals surface area contributed by atoms with E-state index in [9.17, 15) is 0 Å². The second kappa shape index (κ2) is 6.57. The molecule has 0 atom stereocenters. The van der Waals surface area contributed by atoms with Crippen LogP contribution in [-0.2, 0) is 13.5 Å². The molecule has 1 aromatic carbocycles. The van der Waals surface area contributed by atoms with Gasteiger partial charge in [0.15, 0.2) is 0 Å². The first-order chi connectivity index (χ1) is 10.1. The van der Waals surface area contributed by atoms with Gasteiger partial charge in [0.25, 0.3) is 0 Å². The van der Waals surface area contributed by atoms with E-state index in [2.05, 4.69) is 63.2 Å². The normalized spacial score (nSPS) is 12.5. The van der Waals surface area contributed by atoms with Crippen LogP contribution in [-0.4, -0.2) is 9.55 Å². The van der Waals surface area contributed by atoms with Gasteiger partial charge >= 0.3 is 0 Å². The molecule has 0 aliphatic heterocycles. The van der Waals surface area contributed by atoms with Gasteiger partial charge in [0.05, 0.1) is 11.0 Å². The van der Waals surface area contributed by atoms with Crippen LogP contribution in [0.25, 0.3) is 16.6 Å². The maximum absolute atomic E-state index is 4.80. The Morgan fingerprint density at radius 2 is 2.14 bits per heavy atom. The lowest BCUT2D eigenvalue weighted by Gasteiger charge is -2.06. The first kappa shape index (κ1) is 15.3. The fourth-order valence-electron chi connectivity index (χ4n) is 2.65. The van der Waals surface area contributed by atoms with E-state index in [-0.39, 0.29) is 0 Å². The molecular formula is C19H24N2. The smallest absolute Gasteiger partial charge is 0.109 e. The van der Waals surface area contributed by atoms with Crippen molar-refractivity contribution in [2.24, 2.45) is 7.05 Å². The van der Waals surface area contributed by atoms with Crippen LogP contribution in [0.15, 0.2) is 43.0 Å². The van der Waals surface area contributed by atoms with Crippen LogP contribution in [0.3, 0.4) is 0 Å². The van der Waals surface area contributed by atoms with Crippen LogP contribution < -0.4 is 0 Å². The molecule has 0 spiro atoms. The van der Waals surface area contributed by atoms with Gasteiger partial charge in [-0.2, -0.15) is 0 Å². The van der Waals surface area contributed by atoms with Crippen molar-refractivity contribution in [2.45, 2.75) is 33.6 Å². The average molecular weight is 280 g/mol. The van der Waals surface area contributed by atoms with Crippen molar-refractivity contribution in [3.8, 4) is 0 Å². The summed E-state index contributed by atoms with van der Waals surface area (Å²) in [5, 5.41) is 0. The summed E-state index contributed by atoms with van der Waals surface area (Å²) in [6.07, 6.45) is 10.1. The molecule has 2 nitrogen and oxygen atoms in total. The highest BCUT2D eigenvalue weighted by atomic mass is 15.1. The van der Waals surface area contributed by atoms with Crippen molar-refractivity contribution >= 4 is 16.6 Å². The van der Waals surface area contributed by atoms with Crippen LogP contribution in [0, 0.1) is 6.92 Å². The summed E-state index contributed by atoms with van der Waals surface area (Å²) in [5.41, 5.74) is 5.99. The van der Waals surface area contributed by atoms with Crippen LogP contribution >= 0.6 is 0 Å². The summed E-state index contributed by atoms with van der Waals surface area (Å²) >= 11 is 0. The summed E-state index contributed by atoms with van der Waals surface area (Å²) in [4.78, 5) is 4.80. The maximum Gasteiger partial charge on any atom is 0.109 e. The SMILES string of the molecule is C=C/C=C\C(=C/C)c1cc(C)c2nc(CCC)n(C)c2c1. The minimum atomic E-state index is 1.02. The third-order valence-electron chi connectivity index (χ3n) is 3.80. The summed E-state index contributed by atoms with van der Waals surface area (Å²) < 4.78 is 2.22. The van der Waals surface area contributed by atoms with Crippen LogP contribution in [0.5, 0.6) is 0 Å². The fourth-order valence-corrected chi connectivity index (χ4v) is 2.65. The molecule has 0 unspecified atom stereocenters. The molecule has 0 amide bonds. The van der Waals surface area contributed by atoms with Crippen molar-refractivity contribution < 1.29 is 0 Å². The molecule has 0 N–H and O–H groups in total. The van der Waals surface area contributed by atoms with Crippen LogP contribution in [0.1, 0.15) is 37.2 Å². The molecule has 1 heterocycles. The van der Waals surface area contributed by atoms with Gasteiger partial charge in [0.1, 0.15) is 5.82 Å². The number of benzene rings is 1. The second-order valence-corrected chi connectivity index (χ2v) is 5.34. The van der Waals surface area contributed by atoms with Crippen molar-refractivity contribution in [3.63, 3.8) is 0 Å². The van der Waals surface area contributed by atoms with E-state index in [0.717, 1.165) is 24.2 Å². The third-order valence-corrected chi connectivity index (χ3v) is 3.80. The lowest BCUT2D eigenvalue weighted by atomic mass is 10.0. The highest BCUT2D eigenvalue weighted by Crippen LogP contribution is 2.26. The number of rotatable bonds is 5. The molecule has 0 fully saturated rings. The average Bonchev–Trinajstić information content (AvgIpc) is 2.78. The molecule has 110 valence electrons. The molecule has 2 heteroatoms. The van der Waals surface area contributed by atoms with E-state index in [1.165, 1.54) is 22.2 Å². The van der Waals surface area contributed by atoms with Gasteiger partial charge in [-0.25, -0.2) is 4.98 Å². The molecule has 0 radical (unpaired) electrons. The van der Waals surface area contributed by atoms with Gasteiger partial charge in [-0.05, 0) is 49.1 Å². The topological polar surface area (TPSA) is 17.8 Å². The van der Waals surface area contributed by atoms with E-state index in [1.807, 2.05) is 6.08 Å². The predicted octanol–water partition coefficient (Wildman–Crippen LogP) is 4.98. The van der Waals surface area contributed by atoms with Crippen molar-refractivity contribution in [2.75, 3.05) is 0 Å². The van der Waals surface area contributed by atoms with Crippen molar-refractivity contribution in [1.82, 2.24) is 9.55 Å². The van der Waals surface area contributed by atoms with E-state index in [0.29, 0.717) is 0 Å². The third kappa shape index (κ3) is 2.99. The van der Waals surface area contributed by atoms with Gasteiger partial charge in [-0.1, -0.05) is 37.8 Å². The van der Waals surface area contributed by atoms with Crippen molar-refractivity contribution in [3.05, 3.63) is 60.0 Å². The largest absolute Gasteiger partial charge is 0.331 e. The molecule has 0 aliphatic carbocycles. The highest BCUT2D eigenvalue weighted by molar-refractivity contribution is 5.86. The number of aryl methyl sites for hydroxylation is 3. The van der Waals surface area contributed by atoms with E-state index >= 15 is 0 Å². The Morgan fingerprint density at radius 1 is 1.38 bits per heavy atom. The summed E-state index contributed by atoms with van der Waals surface area (Å²) in [7, 11) is 2.11. The van der Waals surface area contributed by atoms with Gasteiger partial charge in [0.2, 0.25) is 0 Å². The Hall–Kier alpha value is -2.09. The monoisotopic (exact) mass is 280 g/mol. The number of aromatic nitrogens is 2. The molecule has 2 rings (SSSR count). The Kier molecular flexibility index (Phi) is 4.79. The first-order valence-electron chi connectivity index (χ1n) is 7.54. The van der Waals surface area contributed by atoms with Gasteiger partial charge in [-0.15, -0.1) is 0 Å². The molecule has 21 heavy (non-hydrogen) atoms. The Balaban J connectivity index is 2.60. The van der Waals surface area contributed by atoms with Gasteiger partial charge < -0.3 is 4.57 Å². The first-order valence-corrected chi connectivity index (χ1v) is 7.54. The lowest BCUT2D eigenvalue weighted by Crippen LogP contribution is -1.96. The van der Waals surface area contributed by atoms with E-state index in [4.69, 9.17) is 4.98 Å². The number of nitrogens with zero attached hydrogens (tertiary/aromatic N) is 2. The molecular weight excluding hydrogens is 256 g/mol. The summed E-state index contributed by atoms with van der Waals surface area (Å²) in [6, 6.07) is 4.45. The van der Waals surface area contributed by atoms with Crippen molar-refractivity contribution in [1.29, 1.82) is 0 Å². The number of imidazole rings is 1. The molecule has 0 saturated heterocycles.